The lowest BCUT2D eigenvalue weighted by Crippen LogP contribution is -2.50. The Bertz CT molecular complexity index is 501. The van der Waals surface area contributed by atoms with E-state index >= 15 is 0 Å². The number of hydrogen-bond acceptors (Lipinski definition) is 4. The summed E-state index contributed by atoms with van der Waals surface area (Å²) in [6, 6.07) is 6.78. The van der Waals surface area contributed by atoms with Crippen molar-refractivity contribution in [3.63, 3.8) is 0 Å². The summed E-state index contributed by atoms with van der Waals surface area (Å²) in [5.74, 6) is 0.234. The van der Waals surface area contributed by atoms with Gasteiger partial charge in [0.2, 0.25) is 11.8 Å². The minimum Gasteiger partial charge on any atom is -0.497 e. The number of methoxy groups -OCH3 is 1. The lowest BCUT2D eigenvalue weighted by molar-refractivity contribution is -0.126. The number of nitrogens with zero attached hydrogens (tertiary/aromatic N) is 1. The van der Waals surface area contributed by atoms with Crippen LogP contribution in [0.1, 0.15) is 19.3 Å². The Balaban J connectivity index is 1.92. The van der Waals surface area contributed by atoms with E-state index in [-0.39, 0.29) is 24.4 Å². The smallest absolute Gasteiger partial charge is 0.238 e. The first-order valence-electron chi connectivity index (χ1n) is 7.07. The molecule has 0 bridgehead atoms. The molecule has 2 amide bonds. The van der Waals surface area contributed by atoms with Crippen molar-refractivity contribution in [2.24, 2.45) is 5.73 Å². The van der Waals surface area contributed by atoms with E-state index < -0.39 is 0 Å². The molecule has 2 rings (SSSR count). The number of carbonyl (C=O) groups is 2. The minimum absolute atomic E-state index is 0.145. The van der Waals surface area contributed by atoms with Crippen molar-refractivity contribution >= 4 is 17.5 Å². The van der Waals surface area contributed by atoms with Gasteiger partial charge in [-0.2, -0.15) is 0 Å². The van der Waals surface area contributed by atoms with Crippen LogP contribution in [-0.2, 0) is 9.59 Å². The van der Waals surface area contributed by atoms with Crippen LogP contribution in [0.2, 0.25) is 0 Å². The number of primary amides is 1. The Kier molecular flexibility index (Phi) is 5.16. The maximum absolute atomic E-state index is 12.1. The largest absolute Gasteiger partial charge is 0.497 e. The predicted octanol–water partition coefficient (Wildman–Crippen LogP) is 0.973. The minimum atomic E-state index is -0.355. The number of rotatable bonds is 5. The van der Waals surface area contributed by atoms with Gasteiger partial charge in [0.05, 0.1) is 19.7 Å². The summed E-state index contributed by atoms with van der Waals surface area (Å²) in [5, 5.41) is 2.81. The van der Waals surface area contributed by atoms with E-state index in [1.165, 1.54) is 0 Å². The Morgan fingerprint density at radius 2 is 2.05 bits per heavy atom. The summed E-state index contributed by atoms with van der Waals surface area (Å²) in [4.78, 5) is 25.3. The highest BCUT2D eigenvalue weighted by Crippen LogP contribution is 2.18. The van der Waals surface area contributed by atoms with Crippen molar-refractivity contribution in [3.05, 3.63) is 24.3 Å². The highest BCUT2D eigenvalue weighted by molar-refractivity contribution is 5.92. The van der Waals surface area contributed by atoms with Gasteiger partial charge in [-0.3, -0.25) is 14.5 Å². The zero-order valence-corrected chi connectivity index (χ0v) is 12.2. The van der Waals surface area contributed by atoms with Crippen molar-refractivity contribution < 1.29 is 14.3 Å². The number of carbonyl (C=O) groups excluding carboxylic acids is 2. The van der Waals surface area contributed by atoms with E-state index in [4.69, 9.17) is 10.5 Å². The molecule has 6 nitrogen and oxygen atoms in total. The second-order valence-electron chi connectivity index (χ2n) is 5.16. The summed E-state index contributed by atoms with van der Waals surface area (Å²) in [6.07, 6.45) is 2.69. The molecule has 1 atom stereocenters. The van der Waals surface area contributed by atoms with Crippen LogP contribution in [0.25, 0.3) is 0 Å². The number of nitrogens with one attached hydrogen (secondary N) is 1. The van der Waals surface area contributed by atoms with Crippen LogP contribution in [0, 0.1) is 0 Å². The topological polar surface area (TPSA) is 84.7 Å². The van der Waals surface area contributed by atoms with E-state index in [2.05, 4.69) is 5.32 Å². The number of hydrogen-bond donors (Lipinski definition) is 2. The molecule has 0 saturated carbocycles. The Morgan fingerprint density at radius 1 is 1.33 bits per heavy atom. The van der Waals surface area contributed by atoms with Crippen LogP contribution in [0.4, 0.5) is 5.69 Å². The molecule has 3 N–H and O–H groups in total. The molecule has 21 heavy (non-hydrogen) atoms. The van der Waals surface area contributed by atoms with Crippen molar-refractivity contribution in [3.8, 4) is 5.75 Å². The SMILES string of the molecule is COc1ccc(NC(=O)CN2CCCCC2C(N)=O)cc1. The summed E-state index contributed by atoms with van der Waals surface area (Å²) >= 11 is 0. The second-order valence-corrected chi connectivity index (χ2v) is 5.16. The number of nitrogens with two attached hydrogens (primary N) is 1. The molecule has 1 aliphatic heterocycles. The molecule has 1 aromatic rings. The molecule has 0 spiro atoms. The Labute approximate surface area is 124 Å². The quantitative estimate of drug-likeness (QED) is 0.846. The first-order chi connectivity index (χ1) is 10.1. The maximum atomic E-state index is 12.1. The van der Waals surface area contributed by atoms with E-state index in [0.717, 1.165) is 31.6 Å². The predicted molar refractivity (Wildman–Crippen MR) is 80.0 cm³/mol. The van der Waals surface area contributed by atoms with Crippen LogP contribution in [-0.4, -0.2) is 43.0 Å². The number of piperidine rings is 1. The van der Waals surface area contributed by atoms with Crippen molar-refractivity contribution in [1.82, 2.24) is 4.90 Å². The van der Waals surface area contributed by atoms with Gasteiger partial charge in [-0.15, -0.1) is 0 Å². The summed E-state index contributed by atoms with van der Waals surface area (Å²) < 4.78 is 5.06. The van der Waals surface area contributed by atoms with Gasteiger partial charge in [-0.05, 0) is 43.7 Å². The van der Waals surface area contributed by atoms with Gasteiger partial charge in [-0.1, -0.05) is 6.42 Å². The average Bonchev–Trinajstić information content (AvgIpc) is 2.48. The number of amides is 2. The molecule has 6 heteroatoms. The molecule has 114 valence electrons. The Hall–Kier alpha value is -2.08. The third-order valence-electron chi connectivity index (χ3n) is 3.66. The van der Waals surface area contributed by atoms with Crippen LogP contribution in [0.15, 0.2) is 24.3 Å². The molecule has 1 aromatic carbocycles. The van der Waals surface area contributed by atoms with Crippen molar-refractivity contribution in [2.45, 2.75) is 25.3 Å². The maximum Gasteiger partial charge on any atom is 0.238 e. The molecule has 1 fully saturated rings. The second kappa shape index (κ2) is 7.08. The van der Waals surface area contributed by atoms with Crippen LogP contribution in [0.5, 0.6) is 5.75 Å². The van der Waals surface area contributed by atoms with Crippen LogP contribution < -0.4 is 15.8 Å². The van der Waals surface area contributed by atoms with E-state index in [1.54, 1.807) is 31.4 Å². The summed E-state index contributed by atoms with van der Waals surface area (Å²) in [7, 11) is 1.59. The molecule has 0 radical (unpaired) electrons. The number of ether oxygens (including phenoxy) is 1. The van der Waals surface area contributed by atoms with Gasteiger partial charge in [-0.25, -0.2) is 0 Å². The highest BCUT2D eigenvalue weighted by atomic mass is 16.5. The fourth-order valence-electron chi connectivity index (χ4n) is 2.56. The van der Waals surface area contributed by atoms with E-state index in [9.17, 15) is 9.59 Å². The van der Waals surface area contributed by atoms with E-state index in [0.29, 0.717) is 5.69 Å². The fraction of sp³-hybridized carbons (Fsp3) is 0.467. The van der Waals surface area contributed by atoms with Gasteiger partial charge < -0.3 is 15.8 Å². The first kappa shape index (κ1) is 15.3. The van der Waals surface area contributed by atoms with Gasteiger partial charge in [0.25, 0.3) is 0 Å². The molecule has 1 aliphatic rings. The summed E-state index contributed by atoms with van der Waals surface area (Å²) in [5.41, 5.74) is 6.09. The van der Waals surface area contributed by atoms with Crippen LogP contribution in [0.3, 0.4) is 0 Å². The molecule has 0 aromatic heterocycles. The normalized spacial score (nSPS) is 19.0. The molecule has 0 aliphatic carbocycles. The molecule has 1 saturated heterocycles. The van der Waals surface area contributed by atoms with Gasteiger partial charge in [0.1, 0.15) is 5.75 Å². The zero-order valence-electron chi connectivity index (χ0n) is 12.2. The first-order valence-corrected chi connectivity index (χ1v) is 7.07. The lowest BCUT2D eigenvalue weighted by Gasteiger charge is -2.32. The average molecular weight is 291 g/mol. The molecule has 1 unspecified atom stereocenters. The lowest BCUT2D eigenvalue weighted by atomic mass is 10.0. The molecular formula is C15H21N3O3. The van der Waals surface area contributed by atoms with Gasteiger partial charge in [0.15, 0.2) is 0 Å². The number of anilines is 1. The fourth-order valence-corrected chi connectivity index (χ4v) is 2.56. The third kappa shape index (κ3) is 4.19. The van der Waals surface area contributed by atoms with Crippen molar-refractivity contribution in [2.75, 3.05) is 25.5 Å². The molecular weight excluding hydrogens is 270 g/mol. The van der Waals surface area contributed by atoms with E-state index in [1.807, 2.05) is 4.90 Å². The van der Waals surface area contributed by atoms with Crippen molar-refractivity contribution in [1.29, 1.82) is 0 Å². The zero-order chi connectivity index (χ0) is 15.2. The monoisotopic (exact) mass is 291 g/mol. The number of likely N-dealkylation sites (tertiary alicyclic amines) is 1. The van der Waals surface area contributed by atoms with Gasteiger partial charge in [0, 0.05) is 5.69 Å². The standard InChI is InChI=1S/C15H21N3O3/c1-21-12-7-5-11(6-8-12)17-14(19)10-18-9-3-2-4-13(18)15(16)20/h5-8,13H,2-4,9-10H2,1H3,(H2,16,20)(H,17,19). The summed E-state index contributed by atoms with van der Waals surface area (Å²) in [6.45, 7) is 0.906. The Morgan fingerprint density at radius 3 is 2.67 bits per heavy atom. The molecule has 1 heterocycles. The number of benzene rings is 1. The van der Waals surface area contributed by atoms with Gasteiger partial charge >= 0.3 is 0 Å². The third-order valence-corrected chi connectivity index (χ3v) is 3.66. The highest BCUT2D eigenvalue weighted by Gasteiger charge is 2.28. The van der Waals surface area contributed by atoms with Crippen LogP contribution >= 0.6 is 0 Å².